The highest BCUT2D eigenvalue weighted by molar-refractivity contribution is 9.10. The van der Waals surface area contributed by atoms with Crippen molar-refractivity contribution < 1.29 is 14.3 Å². The molecule has 2 rings (SSSR count). The number of hydrogen-bond donors (Lipinski definition) is 0. The predicted octanol–water partition coefficient (Wildman–Crippen LogP) is 4.50. The second-order valence-corrected chi connectivity index (χ2v) is 8.89. The number of carbonyl (C=O) groups is 2. The number of halogens is 2. The standard InChI is InChI=1S/C19H26BrClN2O3/c1-19(2,3)26-18(25)22(4)14-7-9-23(10-8-14)17(24)12-13-5-6-15(20)16(21)11-13/h5-6,11,14H,7-10,12H2,1-4H3. The van der Waals surface area contributed by atoms with Crippen molar-refractivity contribution in [2.24, 2.45) is 0 Å². The van der Waals surface area contributed by atoms with E-state index in [0.29, 0.717) is 24.5 Å². The normalized spacial score (nSPS) is 15.7. The minimum absolute atomic E-state index is 0.0850. The first kappa shape index (κ1) is 21.0. The van der Waals surface area contributed by atoms with Crippen molar-refractivity contribution in [3.63, 3.8) is 0 Å². The summed E-state index contributed by atoms with van der Waals surface area (Å²) in [4.78, 5) is 28.2. The monoisotopic (exact) mass is 444 g/mol. The SMILES string of the molecule is CN(C(=O)OC(C)(C)C)C1CCN(C(=O)Cc2ccc(Br)c(Cl)c2)CC1. The maximum absolute atomic E-state index is 12.5. The highest BCUT2D eigenvalue weighted by Crippen LogP contribution is 2.24. The predicted molar refractivity (Wildman–Crippen MR) is 106 cm³/mol. The molecule has 1 aliphatic heterocycles. The van der Waals surface area contributed by atoms with Crippen molar-refractivity contribution >= 4 is 39.5 Å². The van der Waals surface area contributed by atoms with E-state index in [9.17, 15) is 9.59 Å². The molecule has 1 saturated heterocycles. The van der Waals surface area contributed by atoms with Gasteiger partial charge in [-0.2, -0.15) is 0 Å². The molecular weight excluding hydrogens is 420 g/mol. The van der Waals surface area contributed by atoms with E-state index in [1.54, 1.807) is 11.9 Å². The van der Waals surface area contributed by atoms with Gasteiger partial charge in [-0.1, -0.05) is 17.7 Å². The number of hydrogen-bond acceptors (Lipinski definition) is 3. The zero-order valence-corrected chi connectivity index (χ0v) is 18.1. The van der Waals surface area contributed by atoms with E-state index in [1.807, 2.05) is 43.9 Å². The van der Waals surface area contributed by atoms with E-state index in [4.69, 9.17) is 16.3 Å². The molecule has 0 unspecified atom stereocenters. The highest BCUT2D eigenvalue weighted by atomic mass is 79.9. The van der Waals surface area contributed by atoms with Gasteiger partial charge in [0.2, 0.25) is 5.91 Å². The number of benzene rings is 1. The number of piperidine rings is 1. The summed E-state index contributed by atoms with van der Waals surface area (Å²) in [5, 5.41) is 0.605. The van der Waals surface area contributed by atoms with E-state index < -0.39 is 5.60 Å². The average Bonchev–Trinajstić information content (AvgIpc) is 2.56. The third-order valence-corrected chi connectivity index (χ3v) is 5.62. The zero-order valence-electron chi connectivity index (χ0n) is 15.7. The number of likely N-dealkylation sites (tertiary alicyclic amines) is 1. The van der Waals surface area contributed by atoms with Crippen LogP contribution in [0.15, 0.2) is 22.7 Å². The minimum atomic E-state index is -0.506. The lowest BCUT2D eigenvalue weighted by atomic mass is 10.0. The zero-order chi connectivity index (χ0) is 19.5. The lowest BCUT2D eigenvalue weighted by Gasteiger charge is -2.37. The molecule has 0 saturated carbocycles. The first-order valence-corrected chi connectivity index (χ1v) is 9.91. The molecule has 5 nitrogen and oxygen atoms in total. The van der Waals surface area contributed by atoms with Crippen LogP contribution in [0.1, 0.15) is 39.2 Å². The van der Waals surface area contributed by atoms with Crippen molar-refractivity contribution in [3.05, 3.63) is 33.3 Å². The molecule has 26 heavy (non-hydrogen) atoms. The third-order valence-electron chi connectivity index (χ3n) is 4.39. The molecule has 0 spiro atoms. The second-order valence-electron chi connectivity index (χ2n) is 7.63. The summed E-state index contributed by atoms with van der Waals surface area (Å²) < 4.78 is 6.24. The van der Waals surface area contributed by atoms with Gasteiger partial charge in [0.15, 0.2) is 0 Å². The lowest BCUT2D eigenvalue weighted by molar-refractivity contribution is -0.131. The van der Waals surface area contributed by atoms with Gasteiger partial charge in [-0.3, -0.25) is 4.79 Å². The maximum atomic E-state index is 12.5. The molecule has 0 aromatic heterocycles. The van der Waals surface area contributed by atoms with Gasteiger partial charge in [0, 0.05) is 30.7 Å². The van der Waals surface area contributed by atoms with Gasteiger partial charge in [0.1, 0.15) is 5.60 Å². The van der Waals surface area contributed by atoms with Gasteiger partial charge >= 0.3 is 6.09 Å². The summed E-state index contributed by atoms with van der Waals surface area (Å²) in [7, 11) is 1.76. The van der Waals surface area contributed by atoms with Gasteiger partial charge in [-0.05, 0) is 67.2 Å². The number of nitrogens with zero attached hydrogens (tertiary/aromatic N) is 2. The Labute approximate surface area is 168 Å². The molecule has 0 radical (unpaired) electrons. The summed E-state index contributed by atoms with van der Waals surface area (Å²) >= 11 is 9.44. The van der Waals surface area contributed by atoms with Crippen molar-refractivity contribution in [2.45, 2.75) is 51.7 Å². The largest absolute Gasteiger partial charge is 0.444 e. The smallest absolute Gasteiger partial charge is 0.410 e. The quantitative estimate of drug-likeness (QED) is 0.688. The van der Waals surface area contributed by atoms with Crippen molar-refractivity contribution in [1.29, 1.82) is 0 Å². The van der Waals surface area contributed by atoms with Gasteiger partial charge < -0.3 is 14.5 Å². The Bertz CT molecular complexity index is 667. The van der Waals surface area contributed by atoms with Gasteiger partial charge in [-0.25, -0.2) is 4.79 Å². The molecule has 144 valence electrons. The van der Waals surface area contributed by atoms with Gasteiger partial charge in [0.25, 0.3) is 0 Å². The van der Waals surface area contributed by atoms with Crippen LogP contribution < -0.4 is 0 Å². The van der Waals surface area contributed by atoms with E-state index in [0.717, 1.165) is 22.9 Å². The van der Waals surface area contributed by atoms with Crippen LogP contribution in [0, 0.1) is 0 Å². The Morgan fingerprint density at radius 3 is 2.46 bits per heavy atom. The summed E-state index contributed by atoms with van der Waals surface area (Å²) in [6, 6.07) is 5.66. The van der Waals surface area contributed by atoms with E-state index >= 15 is 0 Å². The second kappa shape index (κ2) is 8.61. The van der Waals surface area contributed by atoms with Crippen molar-refractivity contribution in [2.75, 3.05) is 20.1 Å². The molecule has 0 N–H and O–H groups in total. The maximum Gasteiger partial charge on any atom is 0.410 e. The molecule has 1 fully saturated rings. The van der Waals surface area contributed by atoms with E-state index in [-0.39, 0.29) is 18.0 Å². The van der Waals surface area contributed by atoms with Gasteiger partial charge in [0.05, 0.1) is 11.4 Å². The molecule has 2 amide bonds. The lowest BCUT2D eigenvalue weighted by Crippen LogP contribution is -2.48. The van der Waals surface area contributed by atoms with Crippen LogP contribution >= 0.6 is 27.5 Å². The van der Waals surface area contributed by atoms with E-state index in [2.05, 4.69) is 15.9 Å². The van der Waals surface area contributed by atoms with Crippen LogP contribution in [-0.4, -0.2) is 53.6 Å². The third kappa shape index (κ3) is 5.88. The van der Waals surface area contributed by atoms with Crippen LogP contribution in [0.4, 0.5) is 4.79 Å². The number of rotatable bonds is 3. The van der Waals surface area contributed by atoms with Crippen LogP contribution in [0.25, 0.3) is 0 Å². The van der Waals surface area contributed by atoms with Crippen LogP contribution in [0.5, 0.6) is 0 Å². The topological polar surface area (TPSA) is 49.9 Å². The molecule has 0 aliphatic carbocycles. The summed E-state index contributed by atoms with van der Waals surface area (Å²) in [5.74, 6) is 0.0850. The molecule has 1 aromatic rings. The molecule has 1 aliphatic rings. The van der Waals surface area contributed by atoms with Crippen LogP contribution in [-0.2, 0) is 16.0 Å². The Kier molecular flexibility index (Phi) is 6.97. The average molecular weight is 446 g/mol. The van der Waals surface area contributed by atoms with Crippen LogP contribution in [0.2, 0.25) is 5.02 Å². The highest BCUT2D eigenvalue weighted by Gasteiger charge is 2.29. The Balaban J connectivity index is 1.86. The molecule has 0 bridgehead atoms. The first-order valence-electron chi connectivity index (χ1n) is 8.74. The Morgan fingerprint density at radius 2 is 1.92 bits per heavy atom. The molecule has 0 atom stereocenters. The van der Waals surface area contributed by atoms with Crippen LogP contribution in [0.3, 0.4) is 0 Å². The summed E-state index contributed by atoms with van der Waals surface area (Å²) in [6.07, 6.45) is 1.52. The molecule has 7 heteroatoms. The first-order chi connectivity index (χ1) is 12.1. The molecule has 1 aromatic carbocycles. The fourth-order valence-corrected chi connectivity index (χ4v) is 3.37. The fourth-order valence-electron chi connectivity index (χ4n) is 2.92. The number of amides is 2. The number of carbonyl (C=O) groups excluding carboxylic acids is 2. The van der Waals surface area contributed by atoms with Crippen molar-refractivity contribution in [3.8, 4) is 0 Å². The minimum Gasteiger partial charge on any atom is -0.444 e. The van der Waals surface area contributed by atoms with Gasteiger partial charge in [-0.15, -0.1) is 0 Å². The molecular formula is C19H26BrClN2O3. The Morgan fingerprint density at radius 1 is 1.31 bits per heavy atom. The summed E-state index contributed by atoms with van der Waals surface area (Å²) in [6.45, 7) is 6.85. The number of ether oxygens (including phenoxy) is 1. The molecule has 1 heterocycles. The fraction of sp³-hybridized carbons (Fsp3) is 0.579. The summed E-state index contributed by atoms with van der Waals surface area (Å²) in [5.41, 5.74) is 0.393. The van der Waals surface area contributed by atoms with E-state index in [1.165, 1.54) is 0 Å². The Hall–Kier alpha value is -1.27. The van der Waals surface area contributed by atoms with Crippen molar-refractivity contribution in [1.82, 2.24) is 9.80 Å².